The molecule has 2 fully saturated rings. The number of nitrogens with one attached hydrogen (secondary N) is 2. The fourth-order valence-corrected chi connectivity index (χ4v) is 3.33. The van der Waals surface area contributed by atoms with Crippen LogP contribution in [-0.4, -0.2) is 42.5 Å². The van der Waals surface area contributed by atoms with Gasteiger partial charge in [-0.2, -0.15) is 0 Å². The SMILES string of the molecule is CC(C(=O)Nc1ccccc1)N1C[C@@H]2CCCN[C@@H]2C1. The van der Waals surface area contributed by atoms with Crippen molar-refractivity contribution in [2.45, 2.75) is 31.8 Å². The van der Waals surface area contributed by atoms with E-state index in [4.69, 9.17) is 0 Å². The first kappa shape index (κ1) is 13.6. The first-order chi connectivity index (χ1) is 9.74. The van der Waals surface area contributed by atoms with Crippen LogP contribution in [0.15, 0.2) is 30.3 Å². The highest BCUT2D eigenvalue weighted by molar-refractivity contribution is 5.94. The Balaban J connectivity index is 1.58. The molecular weight excluding hydrogens is 250 g/mol. The molecule has 3 rings (SSSR count). The minimum atomic E-state index is -0.0670. The van der Waals surface area contributed by atoms with Crippen molar-refractivity contribution in [3.05, 3.63) is 30.3 Å². The first-order valence-electron chi connectivity index (χ1n) is 7.57. The van der Waals surface area contributed by atoms with Gasteiger partial charge >= 0.3 is 0 Å². The molecule has 2 saturated heterocycles. The van der Waals surface area contributed by atoms with E-state index in [0.29, 0.717) is 6.04 Å². The maximum absolute atomic E-state index is 12.3. The molecule has 1 aromatic rings. The Bertz CT molecular complexity index is 448. The zero-order valence-corrected chi connectivity index (χ0v) is 12.0. The summed E-state index contributed by atoms with van der Waals surface area (Å²) in [6.07, 6.45) is 2.56. The van der Waals surface area contributed by atoms with Gasteiger partial charge in [-0.15, -0.1) is 0 Å². The van der Waals surface area contributed by atoms with Crippen LogP contribution in [0.2, 0.25) is 0 Å². The van der Waals surface area contributed by atoms with Crippen LogP contribution in [0.4, 0.5) is 5.69 Å². The van der Waals surface area contributed by atoms with Crippen molar-refractivity contribution in [3.63, 3.8) is 0 Å². The van der Waals surface area contributed by atoms with E-state index in [9.17, 15) is 4.79 Å². The van der Waals surface area contributed by atoms with Crippen molar-refractivity contribution in [1.82, 2.24) is 10.2 Å². The lowest BCUT2D eigenvalue weighted by Crippen LogP contribution is -2.43. The van der Waals surface area contributed by atoms with Gasteiger partial charge in [-0.1, -0.05) is 18.2 Å². The number of carbonyl (C=O) groups excluding carboxylic acids is 1. The highest BCUT2D eigenvalue weighted by Crippen LogP contribution is 2.26. The number of hydrogen-bond acceptors (Lipinski definition) is 3. The Morgan fingerprint density at radius 1 is 1.35 bits per heavy atom. The second-order valence-corrected chi connectivity index (χ2v) is 5.95. The van der Waals surface area contributed by atoms with Gasteiger partial charge in [0.1, 0.15) is 0 Å². The van der Waals surface area contributed by atoms with Crippen LogP contribution >= 0.6 is 0 Å². The lowest BCUT2D eigenvalue weighted by molar-refractivity contribution is -0.120. The monoisotopic (exact) mass is 273 g/mol. The number of likely N-dealkylation sites (tertiary alicyclic amines) is 1. The summed E-state index contributed by atoms with van der Waals surface area (Å²) in [5.74, 6) is 0.811. The van der Waals surface area contributed by atoms with Gasteiger partial charge in [-0.3, -0.25) is 9.69 Å². The number of amides is 1. The summed E-state index contributed by atoms with van der Waals surface area (Å²) in [5.41, 5.74) is 0.874. The molecule has 1 amide bonds. The van der Waals surface area contributed by atoms with Crippen molar-refractivity contribution in [1.29, 1.82) is 0 Å². The van der Waals surface area contributed by atoms with E-state index in [1.54, 1.807) is 0 Å². The minimum Gasteiger partial charge on any atom is -0.325 e. The molecule has 0 radical (unpaired) electrons. The number of carbonyl (C=O) groups is 1. The highest BCUT2D eigenvalue weighted by atomic mass is 16.2. The second kappa shape index (κ2) is 5.94. The zero-order chi connectivity index (χ0) is 13.9. The number of para-hydroxylation sites is 1. The van der Waals surface area contributed by atoms with Crippen molar-refractivity contribution in [3.8, 4) is 0 Å². The van der Waals surface area contributed by atoms with E-state index in [2.05, 4.69) is 15.5 Å². The van der Waals surface area contributed by atoms with E-state index in [1.807, 2.05) is 37.3 Å². The number of benzene rings is 1. The van der Waals surface area contributed by atoms with Crippen LogP contribution in [0.25, 0.3) is 0 Å². The second-order valence-electron chi connectivity index (χ2n) is 5.95. The average Bonchev–Trinajstić information content (AvgIpc) is 2.91. The molecule has 4 nitrogen and oxygen atoms in total. The average molecular weight is 273 g/mol. The summed E-state index contributed by atoms with van der Waals surface area (Å²) in [7, 11) is 0. The number of piperidine rings is 1. The molecule has 3 atom stereocenters. The third-order valence-electron chi connectivity index (χ3n) is 4.60. The Kier molecular flexibility index (Phi) is 4.03. The molecule has 4 heteroatoms. The van der Waals surface area contributed by atoms with Gasteiger partial charge in [0, 0.05) is 24.8 Å². The van der Waals surface area contributed by atoms with Gasteiger partial charge in [0.2, 0.25) is 5.91 Å². The number of hydrogen-bond donors (Lipinski definition) is 2. The maximum Gasteiger partial charge on any atom is 0.241 e. The molecule has 2 heterocycles. The van der Waals surface area contributed by atoms with Crippen LogP contribution in [-0.2, 0) is 4.79 Å². The van der Waals surface area contributed by atoms with Crippen molar-refractivity contribution in [2.75, 3.05) is 25.0 Å². The van der Waals surface area contributed by atoms with E-state index in [-0.39, 0.29) is 11.9 Å². The Morgan fingerprint density at radius 3 is 2.90 bits per heavy atom. The Morgan fingerprint density at radius 2 is 2.15 bits per heavy atom. The van der Waals surface area contributed by atoms with Gasteiger partial charge in [0.15, 0.2) is 0 Å². The van der Waals surface area contributed by atoms with Gasteiger partial charge in [-0.25, -0.2) is 0 Å². The molecule has 0 aliphatic carbocycles. The van der Waals surface area contributed by atoms with Crippen molar-refractivity contribution in [2.24, 2.45) is 5.92 Å². The third-order valence-corrected chi connectivity index (χ3v) is 4.60. The number of anilines is 1. The van der Waals surface area contributed by atoms with E-state index < -0.39 is 0 Å². The fourth-order valence-electron chi connectivity index (χ4n) is 3.33. The predicted molar refractivity (Wildman–Crippen MR) is 80.6 cm³/mol. The largest absolute Gasteiger partial charge is 0.325 e. The molecule has 2 aliphatic rings. The molecule has 108 valence electrons. The normalized spacial score (nSPS) is 27.9. The zero-order valence-electron chi connectivity index (χ0n) is 12.0. The molecular formula is C16H23N3O. The summed E-state index contributed by atoms with van der Waals surface area (Å²) >= 11 is 0. The van der Waals surface area contributed by atoms with Crippen molar-refractivity contribution >= 4 is 11.6 Å². The lowest BCUT2D eigenvalue weighted by Gasteiger charge is -2.25. The van der Waals surface area contributed by atoms with Gasteiger partial charge < -0.3 is 10.6 Å². The van der Waals surface area contributed by atoms with Crippen LogP contribution in [0, 0.1) is 5.92 Å². The summed E-state index contributed by atoms with van der Waals surface area (Å²) in [5, 5.41) is 6.58. The van der Waals surface area contributed by atoms with Gasteiger partial charge in [0.05, 0.1) is 6.04 Å². The Hall–Kier alpha value is -1.39. The van der Waals surface area contributed by atoms with Crippen LogP contribution in [0.3, 0.4) is 0 Å². The van der Waals surface area contributed by atoms with Crippen LogP contribution < -0.4 is 10.6 Å². The molecule has 0 saturated carbocycles. The van der Waals surface area contributed by atoms with Gasteiger partial charge in [-0.05, 0) is 44.4 Å². The fraction of sp³-hybridized carbons (Fsp3) is 0.562. The topological polar surface area (TPSA) is 44.4 Å². The molecule has 0 spiro atoms. The maximum atomic E-state index is 12.3. The molecule has 0 aromatic heterocycles. The molecule has 20 heavy (non-hydrogen) atoms. The summed E-state index contributed by atoms with van der Waals surface area (Å²) in [4.78, 5) is 14.6. The number of fused-ring (bicyclic) bond motifs is 1. The first-order valence-corrected chi connectivity index (χ1v) is 7.57. The number of nitrogens with zero attached hydrogens (tertiary/aromatic N) is 1. The van der Waals surface area contributed by atoms with E-state index >= 15 is 0 Å². The molecule has 1 aromatic carbocycles. The summed E-state index contributed by atoms with van der Waals surface area (Å²) < 4.78 is 0. The standard InChI is InChI=1S/C16H23N3O/c1-12(16(20)18-14-7-3-2-4-8-14)19-10-13-6-5-9-17-15(13)11-19/h2-4,7-8,12-13,15,17H,5-6,9-11H2,1H3,(H,18,20)/t12?,13-,15+/m0/s1. The number of rotatable bonds is 3. The van der Waals surface area contributed by atoms with E-state index in [1.165, 1.54) is 12.8 Å². The third kappa shape index (κ3) is 2.86. The van der Waals surface area contributed by atoms with E-state index in [0.717, 1.165) is 31.2 Å². The highest BCUT2D eigenvalue weighted by Gasteiger charge is 2.37. The summed E-state index contributed by atoms with van der Waals surface area (Å²) in [6.45, 7) is 5.17. The summed E-state index contributed by atoms with van der Waals surface area (Å²) in [6, 6.07) is 10.2. The predicted octanol–water partition coefficient (Wildman–Crippen LogP) is 1.70. The minimum absolute atomic E-state index is 0.0670. The molecule has 1 unspecified atom stereocenters. The molecule has 0 bridgehead atoms. The van der Waals surface area contributed by atoms with Crippen LogP contribution in [0.1, 0.15) is 19.8 Å². The Labute approximate surface area is 120 Å². The quantitative estimate of drug-likeness (QED) is 0.881. The smallest absolute Gasteiger partial charge is 0.241 e. The van der Waals surface area contributed by atoms with Crippen LogP contribution in [0.5, 0.6) is 0 Å². The van der Waals surface area contributed by atoms with Crippen molar-refractivity contribution < 1.29 is 4.79 Å². The lowest BCUT2D eigenvalue weighted by atomic mass is 9.94. The van der Waals surface area contributed by atoms with Gasteiger partial charge in [0.25, 0.3) is 0 Å². The molecule has 2 aliphatic heterocycles. The molecule has 2 N–H and O–H groups in total.